The quantitative estimate of drug-likeness (QED) is 0.920. The molecule has 0 bridgehead atoms. The van der Waals surface area contributed by atoms with Gasteiger partial charge in [-0.1, -0.05) is 0 Å². The molecule has 112 valence electrons. The molecular formula is C16H24FNO2. The average molecular weight is 281 g/mol. The third-order valence-corrected chi connectivity index (χ3v) is 4.23. The van der Waals surface area contributed by atoms with E-state index in [9.17, 15) is 4.39 Å². The second kappa shape index (κ2) is 6.44. The first-order valence-electron chi connectivity index (χ1n) is 7.20. The maximum Gasteiger partial charge on any atom is 0.166 e. The van der Waals surface area contributed by atoms with Gasteiger partial charge in [-0.2, -0.15) is 0 Å². The summed E-state index contributed by atoms with van der Waals surface area (Å²) in [5.74, 6) is 1.56. The lowest BCUT2D eigenvalue weighted by Crippen LogP contribution is -2.31. The minimum absolute atomic E-state index is 0.179. The van der Waals surface area contributed by atoms with Crippen LogP contribution < -0.4 is 14.8 Å². The maximum absolute atomic E-state index is 14.4. The van der Waals surface area contributed by atoms with Gasteiger partial charge in [0.25, 0.3) is 0 Å². The Morgan fingerprint density at radius 2 is 1.85 bits per heavy atom. The van der Waals surface area contributed by atoms with E-state index in [1.807, 2.05) is 6.92 Å². The molecule has 0 radical (unpaired) electrons. The van der Waals surface area contributed by atoms with Crippen molar-refractivity contribution in [1.29, 1.82) is 0 Å². The van der Waals surface area contributed by atoms with Crippen LogP contribution in [0.15, 0.2) is 0 Å². The molecule has 0 amide bonds. The van der Waals surface area contributed by atoms with Gasteiger partial charge in [0.2, 0.25) is 0 Å². The lowest BCUT2D eigenvalue weighted by Gasteiger charge is -2.25. The summed E-state index contributed by atoms with van der Waals surface area (Å²) in [7, 11) is 3.18. The fourth-order valence-electron chi connectivity index (χ4n) is 3.09. The Hall–Kier alpha value is -1.29. The van der Waals surface area contributed by atoms with Crippen molar-refractivity contribution in [3.05, 3.63) is 22.5 Å². The molecule has 0 aliphatic carbocycles. The molecular weight excluding hydrogens is 257 g/mol. The van der Waals surface area contributed by atoms with Crippen LogP contribution in [0.4, 0.5) is 4.39 Å². The smallest absolute Gasteiger partial charge is 0.166 e. The van der Waals surface area contributed by atoms with Gasteiger partial charge < -0.3 is 14.8 Å². The van der Waals surface area contributed by atoms with Crippen molar-refractivity contribution >= 4 is 0 Å². The van der Waals surface area contributed by atoms with E-state index in [1.54, 1.807) is 21.1 Å². The highest BCUT2D eigenvalue weighted by Gasteiger charge is 2.24. The fourth-order valence-corrected chi connectivity index (χ4v) is 3.09. The van der Waals surface area contributed by atoms with Crippen LogP contribution in [-0.4, -0.2) is 27.3 Å². The Bertz CT molecular complexity index is 482. The molecule has 1 aliphatic rings. The summed E-state index contributed by atoms with van der Waals surface area (Å²) in [5.41, 5.74) is 2.15. The third kappa shape index (κ3) is 2.75. The Labute approximate surface area is 120 Å². The Morgan fingerprint density at radius 1 is 1.15 bits per heavy atom. The minimum atomic E-state index is -0.179. The second-order valence-corrected chi connectivity index (χ2v) is 5.53. The first-order valence-corrected chi connectivity index (χ1v) is 7.20. The molecule has 1 N–H and O–H groups in total. The molecule has 0 spiro atoms. The average Bonchev–Trinajstić information content (AvgIpc) is 2.48. The molecule has 1 aromatic carbocycles. The van der Waals surface area contributed by atoms with Gasteiger partial charge in [-0.3, -0.25) is 0 Å². The summed E-state index contributed by atoms with van der Waals surface area (Å²) >= 11 is 0. The van der Waals surface area contributed by atoms with Gasteiger partial charge in [0, 0.05) is 11.1 Å². The molecule has 3 nitrogen and oxygen atoms in total. The summed E-state index contributed by atoms with van der Waals surface area (Å²) < 4.78 is 25.2. The number of hydrogen-bond donors (Lipinski definition) is 1. The summed E-state index contributed by atoms with van der Waals surface area (Å²) in [5, 5.41) is 3.40. The number of nitrogens with one attached hydrogen (secondary N) is 1. The van der Waals surface area contributed by atoms with Crippen LogP contribution in [0.1, 0.15) is 29.5 Å². The normalized spacial score (nSPS) is 18.9. The van der Waals surface area contributed by atoms with Crippen LogP contribution in [0, 0.1) is 25.6 Å². The van der Waals surface area contributed by atoms with Gasteiger partial charge >= 0.3 is 0 Å². The minimum Gasteiger partial charge on any atom is -0.493 e. The molecule has 20 heavy (non-hydrogen) atoms. The number of halogens is 1. The van der Waals surface area contributed by atoms with E-state index in [1.165, 1.54) is 12.8 Å². The predicted octanol–water partition coefficient (Wildman–Crippen LogP) is 3.00. The molecule has 1 unspecified atom stereocenters. The molecule has 1 atom stereocenters. The van der Waals surface area contributed by atoms with Gasteiger partial charge in [0.05, 0.1) is 14.2 Å². The zero-order chi connectivity index (χ0) is 14.7. The highest BCUT2D eigenvalue weighted by Crippen LogP contribution is 2.40. The Morgan fingerprint density at radius 3 is 2.40 bits per heavy atom. The van der Waals surface area contributed by atoms with E-state index < -0.39 is 0 Å². The predicted molar refractivity (Wildman–Crippen MR) is 78.3 cm³/mol. The molecule has 0 saturated carbocycles. The zero-order valence-corrected chi connectivity index (χ0v) is 12.8. The van der Waals surface area contributed by atoms with Gasteiger partial charge in [-0.15, -0.1) is 0 Å². The van der Waals surface area contributed by atoms with Gasteiger partial charge in [-0.25, -0.2) is 4.39 Å². The molecule has 0 aromatic heterocycles. The summed E-state index contributed by atoms with van der Waals surface area (Å²) in [4.78, 5) is 0. The highest BCUT2D eigenvalue weighted by atomic mass is 19.1. The van der Waals surface area contributed by atoms with Crippen molar-refractivity contribution in [3.63, 3.8) is 0 Å². The van der Waals surface area contributed by atoms with Crippen molar-refractivity contribution in [2.45, 2.75) is 33.1 Å². The number of piperidine rings is 1. The highest BCUT2D eigenvalue weighted by molar-refractivity contribution is 5.56. The monoisotopic (exact) mass is 281 g/mol. The lowest BCUT2D eigenvalue weighted by atomic mass is 9.88. The second-order valence-electron chi connectivity index (χ2n) is 5.53. The molecule has 1 aromatic rings. The maximum atomic E-state index is 14.4. The van der Waals surface area contributed by atoms with E-state index in [0.29, 0.717) is 28.5 Å². The van der Waals surface area contributed by atoms with Crippen LogP contribution >= 0.6 is 0 Å². The van der Waals surface area contributed by atoms with Gasteiger partial charge in [-0.05, 0) is 57.7 Å². The standard InChI is InChI=1S/C16H24FNO2/c1-10-13(8-12-6-5-7-18-9-12)16(20-4)15(19-3)11(2)14(10)17/h12,18H,5-9H2,1-4H3. The molecule has 1 saturated heterocycles. The summed E-state index contributed by atoms with van der Waals surface area (Å²) in [6, 6.07) is 0. The van der Waals surface area contributed by atoms with Crippen LogP contribution in [0.2, 0.25) is 0 Å². The van der Waals surface area contributed by atoms with Crippen LogP contribution in [-0.2, 0) is 6.42 Å². The first-order chi connectivity index (χ1) is 9.60. The molecule has 1 aliphatic heterocycles. The zero-order valence-electron chi connectivity index (χ0n) is 12.8. The van der Waals surface area contributed by atoms with Gasteiger partial charge in [0.15, 0.2) is 11.5 Å². The van der Waals surface area contributed by atoms with Crippen molar-refractivity contribution in [2.75, 3.05) is 27.3 Å². The van der Waals surface area contributed by atoms with Crippen molar-refractivity contribution in [1.82, 2.24) is 5.32 Å². The van der Waals surface area contributed by atoms with Crippen molar-refractivity contribution in [3.8, 4) is 11.5 Å². The van der Waals surface area contributed by atoms with E-state index >= 15 is 0 Å². The SMILES string of the molecule is COc1c(C)c(F)c(C)c(CC2CCCNC2)c1OC. The third-order valence-electron chi connectivity index (χ3n) is 4.23. The van der Waals surface area contributed by atoms with Crippen LogP contribution in [0.3, 0.4) is 0 Å². The first kappa shape index (κ1) is 15.1. The van der Waals surface area contributed by atoms with Crippen molar-refractivity contribution in [2.24, 2.45) is 5.92 Å². The lowest BCUT2D eigenvalue weighted by molar-refractivity contribution is 0.335. The molecule has 4 heteroatoms. The van der Waals surface area contributed by atoms with E-state index in [2.05, 4.69) is 5.32 Å². The molecule has 1 heterocycles. The number of ether oxygens (including phenoxy) is 2. The van der Waals surface area contributed by atoms with Crippen molar-refractivity contribution < 1.29 is 13.9 Å². The van der Waals surface area contributed by atoms with Crippen LogP contribution in [0.25, 0.3) is 0 Å². The summed E-state index contributed by atoms with van der Waals surface area (Å²) in [6.45, 7) is 5.63. The molecule has 2 rings (SSSR count). The Kier molecular flexibility index (Phi) is 4.86. The molecule has 1 fully saturated rings. The van der Waals surface area contributed by atoms with E-state index in [4.69, 9.17) is 9.47 Å². The van der Waals surface area contributed by atoms with Crippen LogP contribution in [0.5, 0.6) is 11.5 Å². The van der Waals surface area contributed by atoms with E-state index in [-0.39, 0.29) is 5.82 Å². The largest absolute Gasteiger partial charge is 0.493 e. The topological polar surface area (TPSA) is 30.5 Å². The number of methoxy groups -OCH3 is 2. The summed E-state index contributed by atoms with van der Waals surface area (Å²) in [6.07, 6.45) is 3.18. The fraction of sp³-hybridized carbons (Fsp3) is 0.625. The number of hydrogen-bond acceptors (Lipinski definition) is 3. The number of rotatable bonds is 4. The number of benzene rings is 1. The van der Waals surface area contributed by atoms with E-state index in [0.717, 1.165) is 25.1 Å². The van der Waals surface area contributed by atoms with Gasteiger partial charge in [0.1, 0.15) is 5.82 Å². The Balaban J connectivity index is 2.41.